The molecule has 0 saturated heterocycles. The predicted molar refractivity (Wildman–Crippen MR) is 77.4 cm³/mol. The molecule has 0 heterocycles. The molecule has 2 aromatic carbocycles. The van der Waals surface area contributed by atoms with Crippen LogP contribution in [0.5, 0.6) is 5.75 Å². The van der Waals surface area contributed by atoms with E-state index in [4.69, 9.17) is 16.2 Å². The maximum atomic E-state index is 11.2. The van der Waals surface area contributed by atoms with E-state index in [1.54, 1.807) is 24.3 Å². The zero-order chi connectivity index (χ0) is 14.7. The van der Waals surface area contributed by atoms with E-state index in [0.29, 0.717) is 22.6 Å². The van der Waals surface area contributed by atoms with Crippen LogP contribution in [0.1, 0.15) is 5.56 Å². The van der Waals surface area contributed by atoms with Crippen LogP contribution in [0.4, 0.5) is 11.4 Å². The molecule has 0 aliphatic rings. The fourth-order valence-electron chi connectivity index (χ4n) is 2.04. The van der Waals surface area contributed by atoms with Crippen LogP contribution in [-0.4, -0.2) is 12.0 Å². The number of anilines is 1. The van der Waals surface area contributed by atoms with Gasteiger partial charge in [0.25, 0.3) is 5.69 Å². The van der Waals surface area contributed by atoms with Crippen molar-refractivity contribution < 1.29 is 9.66 Å². The highest BCUT2D eigenvalue weighted by Crippen LogP contribution is 2.35. The van der Waals surface area contributed by atoms with Gasteiger partial charge in [-0.2, -0.15) is 0 Å². The standard InChI is InChI=1S/C14H15N3O3/c1-20-11-4-2-9(8-15)12(7-11)13-6-10(16)3-5-14(13)17(18)19/h2-7H,8,15-16H2,1H3. The first-order chi connectivity index (χ1) is 9.56. The first kappa shape index (κ1) is 13.8. The van der Waals surface area contributed by atoms with Crippen LogP contribution in [0.25, 0.3) is 11.1 Å². The third-order valence-corrected chi connectivity index (χ3v) is 3.04. The normalized spacial score (nSPS) is 10.3. The molecule has 0 aromatic heterocycles. The number of benzene rings is 2. The van der Waals surface area contributed by atoms with E-state index in [1.165, 1.54) is 19.2 Å². The lowest BCUT2D eigenvalue weighted by molar-refractivity contribution is -0.384. The second-order valence-corrected chi connectivity index (χ2v) is 4.26. The summed E-state index contributed by atoms with van der Waals surface area (Å²) < 4.78 is 5.16. The average molecular weight is 273 g/mol. The monoisotopic (exact) mass is 273 g/mol. The van der Waals surface area contributed by atoms with Gasteiger partial charge in [-0.15, -0.1) is 0 Å². The van der Waals surface area contributed by atoms with Gasteiger partial charge in [-0.1, -0.05) is 6.07 Å². The van der Waals surface area contributed by atoms with Crippen LogP contribution in [0, 0.1) is 10.1 Å². The number of nitro groups is 1. The molecule has 0 aliphatic heterocycles. The second-order valence-electron chi connectivity index (χ2n) is 4.26. The molecular weight excluding hydrogens is 258 g/mol. The minimum Gasteiger partial charge on any atom is -0.497 e. The van der Waals surface area contributed by atoms with Crippen LogP contribution >= 0.6 is 0 Å². The lowest BCUT2D eigenvalue weighted by Crippen LogP contribution is -2.02. The first-order valence-corrected chi connectivity index (χ1v) is 5.98. The number of nitrogen functional groups attached to an aromatic ring is 1. The Morgan fingerprint density at radius 2 is 1.95 bits per heavy atom. The van der Waals surface area contributed by atoms with Gasteiger partial charge in [-0.3, -0.25) is 10.1 Å². The van der Waals surface area contributed by atoms with Gasteiger partial charge < -0.3 is 16.2 Å². The summed E-state index contributed by atoms with van der Waals surface area (Å²) in [5.74, 6) is 0.605. The number of nitrogens with zero attached hydrogens (tertiary/aromatic N) is 1. The minimum absolute atomic E-state index is 0.0119. The highest BCUT2D eigenvalue weighted by atomic mass is 16.6. The van der Waals surface area contributed by atoms with Crippen LogP contribution < -0.4 is 16.2 Å². The quantitative estimate of drug-likeness (QED) is 0.505. The number of nitrogens with two attached hydrogens (primary N) is 2. The summed E-state index contributed by atoms with van der Waals surface area (Å²) in [6.07, 6.45) is 0. The number of hydrogen-bond acceptors (Lipinski definition) is 5. The van der Waals surface area contributed by atoms with Gasteiger partial charge in [-0.05, 0) is 35.4 Å². The van der Waals surface area contributed by atoms with Gasteiger partial charge in [0.2, 0.25) is 0 Å². The molecule has 0 unspecified atom stereocenters. The van der Waals surface area contributed by atoms with E-state index < -0.39 is 4.92 Å². The zero-order valence-corrected chi connectivity index (χ0v) is 11.0. The van der Waals surface area contributed by atoms with Crippen LogP contribution in [0.3, 0.4) is 0 Å². The van der Waals surface area contributed by atoms with Crippen molar-refractivity contribution >= 4 is 11.4 Å². The van der Waals surface area contributed by atoms with Crippen molar-refractivity contribution in [3.05, 3.63) is 52.1 Å². The maximum Gasteiger partial charge on any atom is 0.277 e. The molecule has 0 fully saturated rings. The highest BCUT2D eigenvalue weighted by molar-refractivity contribution is 5.79. The Morgan fingerprint density at radius 3 is 2.55 bits per heavy atom. The maximum absolute atomic E-state index is 11.2. The molecule has 0 aliphatic carbocycles. The molecule has 0 amide bonds. The van der Waals surface area contributed by atoms with E-state index in [-0.39, 0.29) is 12.2 Å². The van der Waals surface area contributed by atoms with Gasteiger partial charge >= 0.3 is 0 Å². The third-order valence-electron chi connectivity index (χ3n) is 3.04. The molecule has 4 N–H and O–H groups in total. The SMILES string of the molecule is COc1ccc(CN)c(-c2cc(N)ccc2[N+](=O)[O-])c1. The third kappa shape index (κ3) is 2.55. The van der Waals surface area contributed by atoms with Crippen molar-refractivity contribution in [2.75, 3.05) is 12.8 Å². The summed E-state index contributed by atoms with van der Waals surface area (Å²) in [6, 6.07) is 9.76. The summed E-state index contributed by atoms with van der Waals surface area (Å²) in [5.41, 5.74) is 13.8. The topological polar surface area (TPSA) is 104 Å². The van der Waals surface area contributed by atoms with E-state index in [0.717, 1.165) is 5.56 Å². The lowest BCUT2D eigenvalue weighted by atomic mass is 9.97. The summed E-state index contributed by atoms with van der Waals surface area (Å²) in [5, 5.41) is 11.2. The van der Waals surface area contributed by atoms with Gasteiger partial charge in [-0.25, -0.2) is 0 Å². The second kappa shape index (κ2) is 5.58. The number of rotatable bonds is 4. The molecule has 20 heavy (non-hydrogen) atoms. The molecule has 2 rings (SSSR count). The summed E-state index contributed by atoms with van der Waals surface area (Å²) in [4.78, 5) is 10.7. The molecular formula is C14H15N3O3. The smallest absolute Gasteiger partial charge is 0.277 e. The van der Waals surface area contributed by atoms with Gasteiger partial charge in [0.1, 0.15) is 5.75 Å². The Labute approximate surface area is 116 Å². The van der Waals surface area contributed by atoms with Gasteiger partial charge in [0, 0.05) is 18.3 Å². The molecule has 0 bridgehead atoms. The van der Waals surface area contributed by atoms with Crippen LogP contribution in [0.15, 0.2) is 36.4 Å². The van der Waals surface area contributed by atoms with Crippen molar-refractivity contribution in [2.45, 2.75) is 6.54 Å². The summed E-state index contributed by atoms with van der Waals surface area (Å²) in [6.45, 7) is 0.269. The highest BCUT2D eigenvalue weighted by Gasteiger charge is 2.18. The number of hydrogen-bond donors (Lipinski definition) is 2. The fraction of sp³-hybridized carbons (Fsp3) is 0.143. The first-order valence-electron chi connectivity index (χ1n) is 5.98. The molecule has 2 aromatic rings. The van der Waals surface area contributed by atoms with Crippen molar-refractivity contribution in [2.24, 2.45) is 5.73 Å². The average Bonchev–Trinajstić information content (AvgIpc) is 2.46. The van der Waals surface area contributed by atoms with Crippen molar-refractivity contribution in [3.8, 4) is 16.9 Å². The Hall–Kier alpha value is -2.60. The van der Waals surface area contributed by atoms with Crippen molar-refractivity contribution in [3.63, 3.8) is 0 Å². The summed E-state index contributed by atoms with van der Waals surface area (Å²) >= 11 is 0. The lowest BCUT2D eigenvalue weighted by Gasteiger charge is -2.11. The minimum atomic E-state index is -0.436. The Kier molecular flexibility index (Phi) is 3.86. The number of methoxy groups -OCH3 is 1. The fourth-order valence-corrected chi connectivity index (χ4v) is 2.04. The van der Waals surface area contributed by atoms with E-state index in [2.05, 4.69) is 0 Å². The van der Waals surface area contributed by atoms with Gasteiger partial charge in [0.15, 0.2) is 0 Å². The Balaban J connectivity index is 2.72. The molecule has 104 valence electrons. The van der Waals surface area contributed by atoms with Crippen LogP contribution in [0.2, 0.25) is 0 Å². The molecule has 0 spiro atoms. The van der Waals surface area contributed by atoms with Crippen LogP contribution in [-0.2, 0) is 6.54 Å². The number of nitro benzene ring substituents is 1. The van der Waals surface area contributed by atoms with E-state index in [1.807, 2.05) is 0 Å². The van der Waals surface area contributed by atoms with Gasteiger partial charge in [0.05, 0.1) is 17.6 Å². The molecule has 0 atom stereocenters. The van der Waals surface area contributed by atoms with E-state index in [9.17, 15) is 10.1 Å². The zero-order valence-electron chi connectivity index (χ0n) is 11.0. The number of ether oxygens (including phenoxy) is 1. The Morgan fingerprint density at radius 1 is 1.20 bits per heavy atom. The van der Waals surface area contributed by atoms with Crippen molar-refractivity contribution in [1.29, 1.82) is 0 Å². The largest absolute Gasteiger partial charge is 0.497 e. The summed E-state index contributed by atoms with van der Waals surface area (Å²) in [7, 11) is 1.54. The molecule has 6 heteroatoms. The Bertz CT molecular complexity index is 656. The molecule has 0 saturated carbocycles. The van der Waals surface area contributed by atoms with Crippen molar-refractivity contribution in [1.82, 2.24) is 0 Å². The molecule has 0 radical (unpaired) electrons. The van der Waals surface area contributed by atoms with E-state index >= 15 is 0 Å². The predicted octanol–water partition coefficient (Wildman–Crippen LogP) is 2.31. The molecule has 6 nitrogen and oxygen atoms in total.